The van der Waals surface area contributed by atoms with Crippen LogP contribution in [-0.4, -0.2) is 24.3 Å². The highest BCUT2D eigenvalue weighted by Gasteiger charge is 1.96. The van der Waals surface area contributed by atoms with E-state index in [1.54, 1.807) is 0 Å². The minimum Gasteiger partial charge on any atom is -0.392 e. The van der Waals surface area contributed by atoms with Crippen molar-refractivity contribution < 1.29 is 5.11 Å². The van der Waals surface area contributed by atoms with Crippen molar-refractivity contribution in [3.8, 4) is 0 Å². The number of nitrogens with one attached hydrogen (secondary N) is 1. The predicted molar refractivity (Wildman–Crippen MR) is 44.0 cm³/mol. The average molecular weight is 143 g/mol. The lowest BCUT2D eigenvalue weighted by molar-refractivity contribution is 0.169. The van der Waals surface area contributed by atoms with Gasteiger partial charge in [0, 0.05) is 13.1 Å². The van der Waals surface area contributed by atoms with Crippen LogP contribution in [0.15, 0.2) is 12.2 Å². The molecule has 0 aromatic rings. The second kappa shape index (κ2) is 6.78. The number of hydrogen-bond donors (Lipinski definition) is 2. The molecule has 2 N–H and O–H groups in total. The fourth-order valence-electron chi connectivity index (χ4n) is 0.595. The van der Waals surface area contributed by atoms with Crippen LogP contribution in [0.1, 0.15) is 20.3 Å². The summed E-state index contributed by atoms with van der Waals surface area (Å²) in [5.74, 6) is 0. The number of hydrogen-bond acceptors (Lipinski definition) is 2. The Morgan fingerprint density at radius 1 is 1.60 bits per heavy atom. The third-order valence-electron chi connectivity index (χ3n) is 1.35. The molecule has 0 radical (unpaired) electrons. The van der Waals surface area contributed by atoms with Gasteiger partial charge in [0.2, 0.25) is 0 Å². The lowest BCUT2D eigenvalue weighted by atomic mass is 10.3. The summed E-state index contributed by atoms with van der Waals surface area (Å²) in [5, 5.41) is 12.2. The molecule has 0 amide bonds. The first-order valence-electron chi connectivity index (χ1n) is 3.81. The van der Waals surface area contributed by atoms with Crippen molar-refractivity contribution in [3.05, 3.63) is 12.2 Å². The third-order valence-corrected chi connectivity index (χ3v) is 1.35. The predicted octanol–water partition coefficient (Wildman–Crippen LogP) is 0.923. The Hall–Kier alpha value is -0.340. The van der Waals surface area contributed by atoms with Gasteiger partial charge in [0.25, 0.3) is 0 Å². The molecule has 1 atom stereocenters. The highest BCUT2D eigenvalue weighted by Crippen LogP contribution is 1.85. The van der Waals surface area contributed by atoms with Crippen molar-refractivity contribution in [2.75, 3.05) is 13.1 Å². The van der Waals surface area contributed by atoms with Gasteiger partial charge in [-0.15, -0.1) is 0 Å². The summed E-state index contributed by atoms with van der Waals surface area (Å²) in [7, 11) is 0. The van der Waals surface area contributed by atoms with Crippen molar-refractivity contribution in [1.29, 1.82) is 0 Å². The molecule has 0 heterocycles. The minimum atomic E-state index is -0.190. The second-order valence-corrected chi connectivity index (χ2v) is 2.29. The van der Waals surface area contributed by atoms with Crippen molar-refractivity contribution in [2.24, 2.45) is 0 Å². The summed E-state index contributed by atoms with van der Waals surface area (Å²) in [6, 6.07) is 0. The van der Waals surface area contributed by atoms with Gasteiger partial charge in [0.15, 0.2) is 0 Å². The first kappa shape index (κ1) is 9.66. The Balaban J connectivity index is 3.03. The lowest BCUT2D eigenvalue weighted by Gasteiger charge is -2.06. The molecule has 0 saturated heterocycles. The van der Waals surface area contributed by atoms with Crippen LogP contribution in [0.3, 0.4) is 0 Å². The maximum atomic E-state index is 9.07. The molecule has 0 saturated carbocycles. The molecule has 0 aliphatic heterocycles. The fraction of sp³-hybridized carbons (Fsp3) is 0.750. The van der Waals surface area contributed by atoms with Crippen molar-refractivity contribution >= 4 is 0 Å². The number of aliphatic hydroxyl groups is 1. The minimum absolute atomic E-state index is 0.190. The quantitative estimate of drug-likeness (QED) is 0.443. The molecule has 0 aliphatic carbocycles. The third kappa shape index (κ3) is 5.79. The van der Waals surface area contributed by atoms with Gasteiger partial charge >= 0.3 is 0 Å². The van der Waals surface area contributed by atoms with Gasteiger partial charge in [-0.05, 0) is 13.3 Å². The zero-order chi connectivity index (χ0) is 7.82. The van der Waals surface area contributed by atoms with E-state index in [2.05, 4.69) is 5.32 Å². The van der Waals surface area contributed by atoms with Gasteiger partial charge in [0.05, 0.1) is 6.10 Å². The smallest absolute Gasteiger partial charge is 0.0662 e. The summed E-state index contributed by atoms with van der Waals surface area (Å²) in [6.07, 6.45) is 4.65. The normalized spacial score (nSPS) is 14.3. The van der Waals surface area contributed by atoms with Gasteiger partial charge < -0.3 is 10.4 Å². The van der Waals surface area contributed by atoms with E-state index >= 15 is 0 Å². The molecule has 0 aromatic carbocycles. The largest absolute Gasteiger partial charge is 0.392 e. The monoisotopic (exact) mass is 143 g/mol. The van der Waals surface area contributed by atoms with Gasteiger partial charge in [-0.3, -0.25) is 0 Å². The van der Waals surface area contributed by atoms with Crippen molar-refractivity contribution in [3.63, 3.8) is 0 Å². The van der Waals surface area contributed by atoms with E-state index in [0.717, 1.165) is 13.0 Å². The summed E-state index contributed by atoms with van der Waals surface area (Å²) in [6.45, 7) is 5.51. The Morgan fingerprint density at radius 2 is 2.30 bits per heavy atom. The van der Waals surface area contributed by atoms with Crippen LogP contribution >= 0.6 is 0 Å². The van der Waals surface area contributed by atoms with E-state index in [1.807, 2.05) is 26.0 Å². The first-order valence-corrected chi connectivity index (χ1v) is 3.81. The molecule has 0 bridgehead atoms. The van der Waals surface area contributed by atoms with Crippen LogP contribution < -0.4 is 5.32 Å². The molecule has 2 nitrogen and oxygen atoms in total. The first-order chi connectivity index (χ1) is 4.81. The molecule has 10 heavy (non-hydrogen) atoms. The maximum Gasteiger partial charge on any atom is 0.0662 e. The van der Waals surface area contributed by atoms with Crippen LogP contribution in [-0.2, 0) is 0 Å². The van der Waals surface area contributed by atoms with Gasteiger partial charge in [-0.2, -0.15) is 0 Å². The Bertz CT molecular complexity index is 91.3. The summed E-state index contributed by atoms with van der Waals surface area (Å²) >= 11 is 0. The van der Waals surface area contributed by atoms with E-state index in [1.165, 1.54) is 0 Å². The van der Waals surface area contributed by atoms with Crippen LogP contribution in [0.2, 0.25) is 0 Å². The molecule has 0 fully saturated rings. The summed E-state index contributed by atoms with van der Waals surface area (Å²) in [5.41, 5.74) is 0. The molecule has 0 rings (SSSR count). The van der Waals surface area contributed by atoms with E-state index in [4.69, 9.17) is 5.11 Å². The molecular formula is C8H17NO. The Labute approximate surface area is 62.9 Å². The van der Waals surface area contributed by atoms with Crippen LogP contribution in [0, 0.1) is 0 Å². The topological polar surface area (TPSA) is 32.3 Å². The Kier molecular flexibility index (Phi) is 6.55. The number of rotatable bonds is 5. The lowest BCUT2D eigenvalue weighted by Crippen LogP contribution is -2.26. The molecule has 0 aliphatic rings. The molecule has 0 aromatic heterocycles. The summed E-state index contributed by atoms with van der Waals surface area (Å²) < 4.78 is 0. The molecule has 2 heteroatoms. The highest BCUT2D eigenvalue weighted by molar-refractivity contribution is 4.79. The van der Waals surface area contributed by atoms with Gasteiger partial charge in [-0.25, -0.2) is 0 Å². The summed E-state index contributed by atoms with van der Waals surface area (Å²) in [4.78, 5) is 0. The Morgan fingerprint density at radius 3 is 2.80 bits per heavy atom. The van der Waals surface area contributed by atoms with Crippen molar-refractivity contribution in [2.45, 2.75) is 26.4 Å². The van der Waals surface area contributed by atoms with E-state index < -0.39 is 0 Å². The van der Waals surface area contributed by atoms with Gasteiger partial charge in [-0.1, -0.05) is 19.1 Å². The SMILES string of the molecule is C/C=C/CNCC(O)CC. The molecule has 0 spiro atoms. The van der Waals surface area contributed by atoms with Gasteiger partial charge in [0.1, 0.15) is 0 Å². The van der Waals surface area contributed by atoms with Crippen LogP contribution in [0.25, 0.3) is 0 Å². The zero-order valence-electron chi connectivity index (χ0n) is 6.80. The van der Waals surface area contributed by atoms with E-state index in [-0.39, 0.29) is 6.10 Å². The van der Waals surface area contributed by atoms with Crippen molar-refractivity contribution in [1.82, 2.24) is 5.32 Å². The number of aliphatic hydroxyl groups excluding tert-OH is 1. The fourth-order valence-corrected chi connectivity index (χ4v) is 0.595. The second-order valence-electron chi connectivity index (χ2n) is 2.29. The average Bonchev–Trinajstić information content (AvgIpc) is 1.98. The van der Waals surface area contributed by atoms with Crippen LogP contribution in [0.5, 0.6) is 0 Å². The maximum absolute atomic E-state index is 9.07. The van der Waals surface area contributed by atoms with E-state index in [0.29, 0.717) is 6.54 Å². The molecule has 60 valence electrons. The molecular weight excluding hydrogens is 126 g/mol. The highest BCUT2D eigenvalue weighted by atomic mass is 16.3. The zero-order valence-corrected chi connectivity index (χ0v) is 6.80. The number of allylic oxidation sites excluding steroid dienone is 1. The standard InChI is InChI=1S/C8H17NO/c1-3-5-6-9-7-8(10)4-2/h3,5,8-10H,4,6-7H2,1-2H3/b5-3+. The molecule has 1 unspecified atom stereocenters. The van der Waals surface area contributed by atoms with Crippen LogP contribution in [0.4, 0.5) is 0 Å². The van der Waals surface area contributed by atoms with E-state index in [9.17, 15) is 0 Å².